The molecule has 20 heavy (non-hydrogen) atoms. The van der Waals surface area contributed by atoms with Crippen LogP contribution >= 0.6 is 15.9 Å². The number of hydrogen-bond donors (Lipinski definition) is 1. The van der Waals surface area contributed by atoms with Gasteiger partial charge in [-0.2, -0.15) is 0 Å². The number of aromatic nitrogens is 1. The highest BCUT2D eigenvalue weighted by Gasteiger charge is 2.09. The van der Waals surface area contributed by atoms with Gasteiger partial charge in [0.1, 0.15) is 0 Å². The SMILES string of the molecule is Cc1ccc2cc(C(N)c3ccc(Br)cc3)ccc2n1. The predicted octanol–water partition coefficient (Wildman–Crippen LogP) is 4.35. The average Bonchev–Trinajstić information content (AvgIpc) is 2.47. The lowest BCUT2D eigenvalue weighted by Crippen LogP contribution is -2.11. The van der Waals surface area contributed by atoms with Crippen LogP contribution in [0.1, 0.15) is 22.9 Å². The van der Waals surface area contributed by atoms with E-state index in [0.29, 0.717) is 0 Å². The van der Waals surface area contributed by atoms with E-state index in [1.54, 1.807) is 0 Å². The molecule has 1 heterocycles. The third kappa shape index (κ3) is 2.60. The van der Waals surface area contributed by atoms with Gasteiger partial charge in [-0.1, -0.05) is 40.2 Å². The number of halogens is 1. The molecule has 0 aliphatic rings. The molecule has 0 spiro atoms. The summed E-state index contributed by atoms with van der Waals surface area (Å²) in [6, 6.07) is 18.3. The van der Waals surface area contributed by atoms with E-state index in [9.17, 15) is 0 Å². The third-order valence-corrected chi connectivity index (χ3v) is 3.97. The van der Waals surface area contributed by atoms with Crippen LogP contribution in [0, 0.1) is 6.92 Å². The Hall–Kier alpha value is -1.71. The molecule has 3 aromatic rings. The highest BCUT2D eigenvalue weighted by molar-refractivity contribution is 9.10. The van der Waals surface area contributed by atoms with Gasteiger partial charge in [-0.15, -0.1) is 0 Å². The lowest BCUT2D eigenvalue weighted by molar-refractivity contribution is 0.873. The lowest BCUT2D eigenvalue weighted by atomic mass is 9.98. The standard InChI is InChI=1S/C17H15BrN2/c1-11-2-3-13-10-14(6-9-16(13)20-11)17(19)12-4-7-15(18)8-5-12/h2-10,17H,19H2,1H3. The Labute approximate surface area is 126 Å². The smallest absolute Gasteiger partial charge is 0.0705 e. The molecule has 3 rings (SSSR count). The fraction of sp³-hybridized carbons (Fsp3) is 0.118. The predicted molar refractivity (Wildman–Crippen MR) is 86.7 cm³/mol. The van der Waals surface area contributed by atoms with E-state index in [1.165, 1.54) is 0 Å². The van der Waals surface area contributed by atoms with Crippen molar-refractivity contribution in [3.63, 3.8) is 0 Å². The van der Waals surface area contributed by atoms with E-state index in [4.69, 9.17) is 5.73 Å². The van der Waals surface area contributed by atoms with Gasteiger partial charge in [0.05, 0.1) is 11.6 Å². The second-order valence-corrected chi connectivity index (χ2v) is 5.85. The first-order valence-electron chi connectivity index (χ1n) is 6.52. The zero-order valence-corrected chi connectivity index (χ0v) is 12.8. The highest BCUT2D eigenvalue weighted by Crippen LogP contribution is 2.24. The van der Waals surface area contributed by atoms with Crippen LogP contribution in [0.4, 0.5) is 0 Å². The maximum absolute atomic E-state index is 6.35. The topological polar surface area (TPSA) is 38.9 Å². The maximum atomic E-state index is 6.35. The Bertz CT molecular complexity index is 751. The maximum Gasteiger partial charge on any atom is 0.0705 e. The van der Waals surface area contributed by atoms with Gasteiger partial charge >= 0.3 is 0 Å². The van der Waals surface area contributed by atoms with E-state index in [2.05, 4.69) is 39.1 Å². The molecule has 1 unspecified atom stereocenters. The Kier molecular flexibility index (Phi) is 3.55. The number of pyridine rings is 1. The molecule has 1 aromatic heterocycles. The fourth-order valence-corrected chi connectivity index (χ4v) is 2.57. The molecular formula is C17H15BrN2. The van der Waals surface area contributed by atoms with Crippen LogP contribution in [0.25, 0.3) is 10.9 Å². The van der Waals surface area contributed by atoms with Crippen LogP contribution in [-0.4, -0.2) is 4.98 Å². The van der Waals surface area contributed by atoms with Crippen LogP contribution in [0.3, 0.4) is 0 Å². The molecule has 0 radical (unpaired) electrons. The Morgan fingerprint density at radius 1 is 0.950 bits per heavy atom. The monoisotopic (exact) mass is 326 g/mol. The molecule has 0 bridgehead atoms. The molecule has 0 amide bonds. The van der Waals surface area contributed by atoms with E-state index >= 15 is 0 Å². The van der Waals surface area contributed by atoms with Gasteiger partial charge in [0, 0.05) is 15.6 Å². The van der Waals surface area contributed by atoms with Gasteiger partial charge in [-0.3, -0.25) is 4.98 Å². The summed E-state index contributed by atoms with van der Waals surface area (Å²) < 4.78 is 1.06. The summed E-state index contributed by atoms with van der Waals surface area (Å²) >= 11 is 3.44. The molecule has 0 aliphatic heterocycles. The summed E-state index contributed by atoms with van der Waals surface area (Å²) in [5.41, 5.74) is 10.6. The first-order valence-corrected chi connectivity index (χ1v) is 7.31. The molecule has 0 saturated heterocycles. The van der Waals surface area contributed by atoms with Crippen molar-refractivity contribution in [2.45, 2.75) is 13.0 Å². The summed E-state index contributed by atoms with van der Waals surface area (Å²) in [5, 5.41) is 1.13. The molecule has 2 N–H and O–H groups in total. The van der Waals surface area contributed by atoms with E-state index in [1.807, 2.05) is 43.3 Å². The molecule has 3 heteroatoms. The van der Waals surface area contributed by atoms with Crippen molar-refractivity contribution in [3.8, 4) is 0 Å². The van der Waals surface area contributed by atoms with Crippen molar-refractivity contribution in [3.05, 3.63) is 75.9 Å². The number of benzene rings is 2. The van der Waals surface area contributed by atoms with Crippen LogP contribution in [0.15, 0.2) is 59.1 Å². The van der Waals surface area contributed by atoms with Crippen molar-refractivity contribution in [2.24, 2.45) is 5.73 Å². The van der Waals surface area contributed by atoms with Gasteiger partial charge in [0.15, 0.2) is 0 Å². The fourth-order valence-electron chi connectivity index (χ4n) is 2.30. The first-order chi connectivity index (χ1) is 9.63. The molecule has 100 valence electrons. The highest BCUT2D eigenvalue weighted by atomic mass is 79.9. The van der Waals surface area contributed by atoms with Gasteiger partial charge < -0.3 is 5.73 Å². The summed E-state index contributed by atoms with van der Waals surface area (Å²) in [6.07, 6.45) is 0. The number of fused-ring (bicyclic) bond motifs is 1. The quantitative estimate of drug-likeness (QED) is 0.760. The molecule has 1 atom stereocenters. The zero-order valence-electron chi connectivity index (χ0n) is 11.2. The number of rotatable bonds is 2. The van der Waals surface area contributed by atoms with Gasteiger partial charge in [0.25, 0.3) is 0 Å². The summed E-state index contributed by atoms with van der Waals surface area (Å²) in [6.45, 7) is 2.00. The minimum atomic E-state index is -0.117. The van der Waals surface area contributed by atoms with Crippen LogP contribution in [-0.2, 0) is 0 Å². The first kappa shape index (κ1) is 13.3. The average molecular weight is 327 g/mol. The second kappa shape index (κ2) is 5.35. The molecule has 0 fully saturated rings. The minimum Gasteiger partial charge on any atom is -0.320 e. The summed E-state index contributed by atoms with van der Waals surface area (Å²) in [5.74, 6) is 0. The largest absolute Gasteiger partial charge is 0.320 e. The van der Waals surface area contributed by atoms with Crippen molar-refractivity contribution in [2.75, 3.05) is 0 Å². The van der Waals surface area contributed by atoms with Crippen LogP contribution in [0.2, 0.25) is 0 Å². The van der Waals surface area contributed by atoms with E-state index < -0.39 is 0 Å². The summed E-state index contributed by atoms with van der Waals surface area (Å²) in [7, 11) is 0. The molecular weight excluding hydrogens is 312 g/mol. The van der Waals surface area contributed by atoms with Crippen LogP contribution in [0.5, 0.6) is 0 Å². The number of hydrogen-bond acceptors (Lipinski definition) is 2. The molecule has 0 aliphatic carbocycles. The normalized spacial score (nSPS) is 12.6. The van der Waals surface area contributed by atoms with Crippen molar-refractivity contribution in [1.29, 1.82) is 0 Å². The molecule has 0 saturated carbocycles. The lowest BCUT2D eigenvalue weighted by Gasteiger charge is -2.13. The molecule has 2 aromatic carbocycles. The minimum absolute atomic E-state index is 0.117. The van der Waals surface area contributed by atoms with Gasteiger partial charge in [-0.05, 0) is 48.4 Å². The van der Waals surface area contributed by atoms with Crippen molar-refractivity contribution < 1.29 is 0 Å². The second-order valence-electron chi connectivity index (χ2n) is 4.93. The summed E-state index contributed by atoms with van der Waals surface area (Å²) in [4.78, 5) is 4.51. The van der Waals surface area contributed by atoms with Crippen molar-refractivity contribution in [1.82, 2.24) is 4.98 Å². The number of nitrogens with two attached hydrogens (primary N) is 1. The van der Waals surface area contributed by atoms with E-state index in [0.717, 1.165) is 32.2 Å². The number of aryl methyl sites for hydroxylation is 1. The molecule has 2 nitrogen and oxygen atoms in total. The Balaban J connectivity index is 2.01. The zero-order chi connectivity index (χ0) is 14.1. The number of nitrogens with zero attached hydrogens (tertiary/aromatic N) is 1. The third-order valence-electron chi connectivity index (χ3n) is 3.44. The van der Waals surface area contributed by atoms with E-state index in [-0.39, 0.29) is 6.04 Å². The van der Waals surface area contributed by atoms with Crippen molar-refractivity contribution >= 4 is 26.8 Å². The van der Waals surface area contributed by atoms with Crippen LogP contribution < -0.4 is 5.73 Å². The Morgan fingerprint density at radius 2 is 1.65 bits per heavy atom. The van der Waals surface area contributed by atoms with Gasteiger partial charge in [-0.25, -0.2) is 0 Å². The van der Waals surface area contributed by atoms with Gasteiger partial charge in [0.2, 0.25) is 0 Å². The Morgan fingerprint density at radius 3 is 2.40 bits per heavy atom.